The summed E-state index contributed by atoms with van der Waals surface area (Å²) in [6, 6.07) is 2.83. The van der Waals surface area contributed by atoms with Crippen molar-refractivity contribution < 1.29 is 9.53 Å². The summed E-state index contributed by atoms with van der Waals surface area (Å²) in [5.41, 5.74) is 0.910. The SMILES string of the molecule is Cc1cc(=O)cc(C(=O)N2CCCOC(C)C2)[nH]1. The largest absolute Gasteiger partial charge is 0.377 e. The number of aromatic amines is 1. The fraction of sp³-hybridized carbons (Fsp3) is 0.538. The molecule has 0 spiro atoms. The highest BCUT2D eigenvalue weighted by molar-refractivity contribution is 5.92. The van der Waals surface area contributed by atoms with Gasteiger partial charge in [-0.25, -0.2) is 0 Å². The van der Waals surface area contributed by atoms with Gasteiger partial charge in [0.1, 0.15) is 5.69 Å². The van der Waals surface area contributed by atoms with Gasteiger partial charge in [-0.05, 0) is 20.3 Å². The lowest BCUT2D eigenvalue weighted by atomic mass is 10.2. The quantitative estimate of drug-likeness (QED) is 0.806. The number of carbonyl (C=O) groups excluding carboxylic acids is 1. The van der Waals surface area contributed by atoms with E-state index < -0.39 is 0 Å². The minimum atomic E-state index is -0.145. The van der Waals surface area contributed by atoms with Crippen LogP contribution in [0.25, 0.3) is 0 Å². The smallest absolute Gasteiger partial charge is 0.270 e. The Kier molecular flexibility index (Phi) is 3.81. The predicted molar refractivity (Wildman–Crippen MR) is 67.7 cm³/mol. The van der Waals surface area contributed by atoms with Gasteiger partial charge in [-0.1, -0.05) is 0 Å². The van der Waals surface area contributed by atoms with Crippen molar-refractivity contribution >= 4 is 5.91 Å². The number of ether oxygens (including phenoxy) is 1. The first-order valence-corrected chi connectivity index (χ1v) is 6.18. The second-order valence-corrected chi connectivity index (χ2v) is 4.70. The second kappa shape index (κ2) is 5.35. The summed E-state index contributed by atoms with van der Waals surface area (Å²) >= 11 is 0. The van der Waals surface area contributed by atoms with Crippen molar-refractivity contribution in [1.29, 1.82) is 0 Å². The van der Waals surface area contributed by atoms with Crippen molar-refractivity contribution in [3.05, 3.63) is 33.7 Å². The average molecular weight is 250 g/mol. The van der Waals surface area contributed by atoms with Crippen LogP contribution in [0.5, 0.6) is 0 Å². The van der Waals surface area contributed by atoms with Gasteiger partial charge < -0.3 is 14.6 Å². The Bertz CT molecular complexity index is 495. The maximum absolute atomic E-state index is 12.3. The number of hydrogen-bond acceptors (Lipinski definition) is 3. The number of nitrogens with one attached hydrogen (secondary N) is 1. The molecule has 1 N–H and O–H groups in total. The van der Waals surface area contributed by atoms with Crippen LogP contribution in [-0.2, 0) is 4.74 Å². The van der Waals surface area contributed by atoms with E-state index in [4.69, 9.17) is 4.74 Å². The third-order valence-corrected chi connectivity index (χ3v) is 2.95. The van der Waals surface area contributed by atoms with Gasteiger partial charge >= 0.3 is 0 Å². The molecule has 0 radical (unpaired) electrons. The van der Waals surface area contributed by atoms with Crippen molar-refractivity contribution in [3.63, 3.8) is 0 Å². The van der Waals surface area contributed by atoms with Gasteiger partial charge in [-0.15, -0.1) is 0 Å². The predicted octanol–water partition coefficient (Wildman–Crippen LogP) is 0.934. The van der Waals surface area contributed by atoms with Crippen LogP contribution in [-0.4, -0.2) is 41.6 Å². The zero-order valence-electron chi connectivity index (χ0n) is 10.7. The Morgan fingerprint density at radius 1 is 1.50 bits per heavy atom. The van der Waals surface area contributed by atoms with E-state index in [1.54, 1.807) is 11.8 Å². The number of H-pyrrole nitrogens is 1. The maximum atomic E-state index is 12.3. The molecule has 1 atom stereocenters. The zero-order valence-corrected chi connectivity index (χ0v) is 10.7. The van der Waals surface area contributed by atoms with E-state index in [0.29, 0.717) is 31.1 Å². The molecule has 0 saturated carbocycles. The lowest BCUT2D eigenvalue weighted by molar-refractivity contribution is 0.0559. The molecule has 5 heteroatoms. The Labute approximate surface area is 106 Å². The molecule has 5 nitrogen and oxygen atoms in total. The number of hydrogen-bond donors (Lipinski definition) is 1. The summed E-state index contributed by atoms with van der Waals surface area (Å²) in [5.74, 6) is -0.131. The van der Waals surface area contributed by atoms with Gasteiger partial charge in [0, 0.05) is 37.5 Å². The molecule has 1 aliphatic rings. The van der Waals surface area contributed by atoms with Crippen LogP contribution >= 0.6 is 0 Å². The minimum Gasteiger partial charge on any atom is -0.377 e. The molecule has 1 amide bonds. The fourth-order valence-corrected chi connectivity index (χ4v) is 2.15. The maximum Gasteiger partial charge on any atom is 0.270 e. The standard InChI is InChI=1S/C13H18N2O3/c1-9-6-11(16)7-12(14-9)13(17)15-4-3-5-18-10(2)8-15/h6-7,10H,3-5,8H2,1-2H3,(H,14,16). The Balaban J connectivity index is 2.21. The molecular weight excluding hydrogens is 232 g/mol. The molecular formula is C13H18N2O3. The second-order valence-electron chi connectivity index (χ2n) is 4.70. The van der Waals surface area contributed by atoms with Crippen molar-refractivity contribution in [3.8, 4) is 0 Å². The minimum absolute atomic E-state index is 0.0352. The normalized spacial score (nSPS) is 20.6. The summed E-state index contributed by atoms with van der Waals surface area (Å²) in [7, 11) is 0. The van der Waals surface area contributed by atoms with Crippen LogP contribution in [0, 0.1) is 6.92 Å². The number of amides is 1. The highest BCUT2D eigenvalue weighted by Crippen LogP contribution is 2.09. The Hall–Kier alpha value is -1.62. The van der Waals surface area contributed by atoms with E-state index in [2.05, 4.69) is 4.98 Å². The molecule has 2 rings (SSSR count). The van der Waals surface area contributed by atoms with E-state index in [1.165, 1.54) is 12.1 Å². The number of aryl methyl sites for hydroxylation is 1. The van der Waals surface area contributed by atoms with Gasteiger partial charge in [-0.2, -0.15) is 0 Å². The highest BCUT2D eigenvalue weighted by atomic mass is 16.5. The summed E-state index contributed by atoms with van der Waals surface area (Å²) in [6.45, 7) is 5.63. The number of carbonyl (C=O) groups is 1. The first-order valence-electron chi connectivity index (χ1n) is 6.18. The number of rotatable bonds is 1. The highest BCUT2D eigenvalue weighted by Gasteiger charge is 2.21. The van der Waals surface area contributed by atoms with Gasteiger partial charge in [0.25, 0.3) is 5.91 Å². The monoisotopic (exact) mass is 250 g/mol. The van der Waals surface area contributed by atoms with Gasteiger partial charge in [0.15, 0.2) is 5.43 Å². The van der Waals surface area contributed by atoms with Gasteiger partial charge in [-0.3, -0.25) is 9.59 Å². The average Bonchev–Trinajstić information content (AvgIpc) is 2.51. The summed E-state index contributed by atoms with van der Waals surface area (Å²) in [6.07, 6.45) is 0.861. The van der Waals surface area contributed by atoms with E-state index in [9.17, 15) is 9.59 Å². The number of aromatic nitrogens is 1. The van der Waals surface area contributed by atoms with Crippen LogP contribution in [0.2, 0.25) is 0 Å². The molecule has 1 fully saturated rings. The first-order chi connectivity index (χ1) is 8.56. The summed E-state index contributed by atoms with van der Waals surface area (Å²) in [4.78, 5) is 28.4. The molecule has 1 aromatic heterocycles. The van der Waals surface area contributed by atoms with Crippen molar-refractivity contribution in [2.45, 2.75) is 26.4 Å². The summed E-state index contributed by atoms with van der Waals surface area (Å²) < 4.78 is 5.50. The lowest BCUT2D eigenvalue weighted by Crippen LogP contribution is -2.36. The van der Waals surface area contributed by atoms with Crippen molar-refractivity contribution in [2.24, 2.45) is 0 Å². The molecule has 98 valence electrons. The Morgan fingerprint density at radius 3 is 3.00 bits per heavy atom. The molecule has 1 saturated heterocycles. The Morgan fingerprint density at radius 2 is 2.28 bits per heavy atom. The molecule has 1 unspecified atom stereocenters. The summed E-state index contributed by atoms with van der Waals surface area (Å²) in [5, 5.41) is 0. The van der Waals surface area contributed by atoms with Crippen molar-refractivity contribution in [2.75, 3.05) is 19.7 Å². The third kappa shape index (κ3) is 2.98. The van der Waals surface area contributed by atoms with Crippen LogP contribution in [0.3, 0.4) is 0 Å². The topological polar surface area (TPSA) is 62.4 Å². The molecule has 18 heavy (non-hydrogen) atoms. The molecule has 0 aliphatic carbocycles. The molecule has 1 aliphatic heterocycles. The molecule has 0 bridgehead atoms. The lowest BCUT2D eigenvalue weighted by Gasteiger charge is -2.22. The van der Waals surface area contributed by atoms with Crippen LogP contribution in [0.1, 0.15) is 29.5 Å². The van der Waals surface area contributed by atoms with Gasteiger partial charge in [0.2, 0.25) is 0 Å². The van der Waals surface area contributed by atoms with Crippen LogP contribution in [0.4, 0.5) is 0 Å². The van der Waals surface area contributed by atoms with E-state index >= 15 is 0 Å². The number of pyridine rings is 1. The van der Waals surface area contributed by atoms with Crippen LogP contribution in [0.15, 0.2) is 16.9 Å². The number of nitrogens with zero attached hydrogens (tertiary/aromatic N) is 1. The van der Waals surface area contributed by atoms with Gasteiger partial charge in [0.05, 0.1) is 6.10 Å². The molecule has 2 heterocycles. The first kappa shape index (κ1) is 12.8. The van der Waals surface area contributed by atoms with E-state index in [1.807, 2.05) is 6.92 Å². The van der Waals surface area contributed by atoms with Crippen LogP contribution < -0.4 is 5.43 Å². The molecule has 1 aromatic rings. The van der Waals surface area contributed by atoms with Crippen molar-refractivity contribution in [1.82, 2.24) is 9.88 Å². The van der Waals surface area contributed by atoms with E-state index in [-0.39, 0.29) is 17.4 Å². The fourth-order valence-electron chi connectivity index (χ4n) is 2.15. The van der Waals surface area contributed by atoms with E-state index in [0.717, 1.165) is 6.42 Å². The zero-order chi connectivity index (χ0) is 13.1. The third-order valence-electron chi connectivity index (χ3n) is 2.95. The molecule has 0 aromatic carbocycles.